The molecule has 0 unspecified atom stereocenters. The molecule has 9 heteroatoms. The van der Waals surface area contributed by atoms with Gasteiger partial charge >= 0.3 is 0 Å². The van der Waals surface area contributed by atoms with Crippen molar-refractivity contribution in [1.29, 1.82) is 0 Å². The Morgan fingerprint density at radius 3 is 2.23 bits per heavy atom. The van der Waals surface area contributed by atoms with Crippen molar-refractivity contribution in [1.82, 2.24) is 14.1 Å². The normalized spacial score (nSPS) is 17.0. The van der Waals surface area contributed by atoms with E-state index in [1.165, 1.54) is 0 Å². The van der Waals surface area contributed by atoms with Crippen molar-refractivity contribution in [2.75, 3.05) is 44.6 Å². The third-order valence-electron chi connectivity index (χ3n) is 7.63. The van der Waals surface area contributed by atoms with E-state index in [-0.39, 0.29) is 11.8 Å². The molecule has 2 heterocycles. The zero-order chi connectivity index (χ0) is 28.1. The number of rotatable bonds is 7. The lowest BCUT2D eigenvalue weighted by atomic mass is 10.1. The molecule has 1 N–H and O–H groups in total. The van der Waals surface area contributed by atoms with Gasteiger partial charge in [0.2, 0.25) is 10.0 Å². The van der Waals surface area contributed by atoms with Crippen LogP contribution in [0.2, 0.25) is 0 Å². The first-order valence-corrected chi connectivity index (χ1v) is 15.3. The van der Waals surface area contributed by atoms with E-state index in [0.717, 1.165) is 43.5 Å². The second kappa shape index (κ2) is 12.3. The van der Waals surface area contributed by atoms with Gasteiger partial charge in [-0.1, -0.05) is 42.0 Å². The van der Waals surface area contributed by atoms with Gasteiger partial charge in [-0.2, -0.15) is 4.31 Å². The third-order valence-corrected chi connectivity index (χ3v) is 9.55. The maximum Gasteiger partial charge on any atom is 0.255 e. The SMILES string of the molecule is Cc1ccc(S(=O)(=O)N2CCN(Cc3cccc(C(=O)Nc4ccccc4C(=O)N4CCCCC4)c3)CC2)cc1. The number of hydrogen-bond acceptors (Lipinski definition) is 5. The van der Waals surface area contributed by atoms with Crippen LogP contribution in [0, 0.1) is 6.92 Å². The van der Waals surface area contributed by atoms with Crippen LogP contribution in [0.3, 0.4) is 0 Å². The molecule has 0 radical (unpaired) electrons. The van der Waals surface area contributed by atoms with Crippen LogP contribution in [-0.2, 0) is 16.6 Å². The summed E-state index contributed by atoms with van der Waals surface area (Å²) in [5.74, 6) is -0.317. The Hall–Kier alpha value is -3.53. The van der Waals surface area contributed by atoms with Crippen molar-refractivity contribution < 1.29 is 18.0 Å². The monoisotopic (exact) mass is 560 g/mol. The highest BCUT2D eigenvalue weighted by molar-refractivity contribution is 7.89. The number of carbonyl (C=O) groups excluding carboxylic acids is 2. The van der Waals surface area contributed by atoms with Crippen LogP contribution >= 0.6 is 0 Å². The van der Waals surface area contributed by atoms with Crippen molar-refractivity contribution in [2.24, 2.45) is 0 Å². The zero-order valence-corrected chi connectivity index (χ0v) is 23.7. The highest BCUT2D eigenvalue weighted by atomic mass is 32.2. The van der Waals surface area contributed by atoms with Gasteiger partial charge in [0.25, 0.3) is 11.8 Å². The summed E-state index contributed by atoms with van der Waals surface area (Å²) in [4.78, 5) is 30.7. The largest absolute Gasteiger partial charge is 0.339 e. The van der Waals surface area contributed by atoms with Gasteiger partial charge in [-0.05, 0) is 68.1 Å². The Balaban J connectivity index is 1.20. The number of likely N-dealkylation sites (tertiary alicyclic amines) is 1. The van der Waals surface area contributed by atoms with E-state index >= 15 is 0 Å². The van der Waals surface area contributed by atoms with Crippen LogP contribution in [0.5, 0.6) is 0 Å². The Kier molecular flexibility index (Phi) is 8.63. The minimum absolute atomic E-state index is 0.0483. The topological polar surface area (TPSA) is 90.0 Å². The van der Waals surface area contributed by atoms with Crippen molar-refractivity contribution >= 4 is 27.5 Å². The fourth-order valence-corrected chi connectivity index (χ4v) is 6.72. The summed E-state index contributed by atoms with van der Waals surface area (Å²) in [7, 11) is -3.51. The highest BCUT2D eigenvalue weighted by Crippen LogP contribution is 2.22. The number of anilines is 1. The van der Waals surface area contributed by atoms with Crippen LogP contribution in [0.15, 0.2) is 77.7 Å². The van der Waals surface area contributed by atoms with Gasteiger partial charge in [-0.25, -0.2) is 8.42 Å². The van der Waals surface area contributed by atoms with Gasteiger partial charge in [0.1, 0.15) is 0 Å². The van der Waals surface area contributed by atoms with Crippen molar-refractivity contribution in [3.05, 3.63) is 95.1 Å². The molecule has 8 nitrogen and oxygen atoms in total. The molecule has 0 saturated carbocycles. The maximum atomic E-state index is 13.2. The van der Waals surface area contributed by atoms with E-state index in [9.17, 15) is 18.0 Å². The fraction of sp³-hybridized carbons (Fsp3) is 0.355. The Morgan fingerprint density at radius 2 is 1.50 bits per heavy atom. The van der Waals surface area contributed by atoms with Crippen molar-refractivity contribution in [3.63, 3.8) is 0 Å². The minimum atomic E-state index is -3.51. The summed E-state index contributed by atoms with van der Waals surface area (Å²) >= 11 is 0. The van der Waals surface area contributed by atoms with Crippen molar-refractivity contribution in [2.45, 2.75) is 37.6 Å². The number of nitrogens with zero attached hydrogens (tertiary/aromatic N) is 3. The number of hydrogen-bond donors (Lipinski definition) is 1. The lowest BCUT2D eigenvalue weighted by Crippen LogP contribution is -2.48. The lowest BCUT2D eigenvalue weighted by Gasteiger charge is -2.34. The Morgan fingerprint density at radius 1 is 0.800 bits per heavy atom. The number of benzene rings is 3. The predicted octanol–water partition coefficient (Wildman–Crippen LogP) is 4.38. The van der Waals surface area contributed by atoms with Crippen LogP contribution < -0.4 is 5.32 Å². The van der Waals surface area contributed by atoms with Crippen LogP contribution in [0.1, 0.15) is 51.1 Å². The predicted molar refractivity (Wildman–Crippen MR) is 156 cm³/mol. The van der Waals surface area contributed by atoms with Crippen LogP contribution in [0.25, 0.3) is 0 Å². The van der Waals surface area contributed by atoms with Gasteiger partial charge in [0.15, 0.2) is 0 Å². The molecule has 2 amide bonds. The number of piperazine rings is 1. The number of piperidine rings is 1. The smallest absolute Gasteiger partial charge is 0.255 e. The van der Waals surface area contributed by atoms with E-state index in [2.05, 4.69) is 10.2 Å². The average Bonchev–Trinajstić information content (AvgIpc) is 2.98. The molecule has 0 spiro atoms. The van der Waals surface area contributed by atoms with E-state index in [1.54, 1.807) is 34.6 Å². The van der Waals surface area contributed by atoms with Gasteiger partial charge in [-0.15, -0.1) is 0 Å². The quantitative estimate of drug-likeness (QED) is 0.463. The first-order chi connectivity index (χ1) is 19.3. The molecule has 3 aromatic carbocycles. The molecule has 5 rings (SSSR count). The van der Waals surface area contributed by atoms with E-state index < -0.39 is 10.0 Å². The number of amides is 2. The molecule has 0 atom stereocenters. The number of nitrogens with one attached hydrogen (secondary N) is 1. The van der Waals surface area contributed by atoms with Gasteiger partial charge in [0.05, 0.1) is 16.1 Å². The third kappa shape index (κ3) is 6.43. The molecule has 0 aromatic heterocycles. The molecule has 2 fully saturated rings. The molecule has 210 valence electrons. The fourth-order valence-electron chi connectivity index (χ4n) is 5.30. The summed E-state index contributed by atoms with van der Waals surface area (Å²) < 4.78 is 27.6. The summed E-state index contributed by atoms with van der Waals surface area (Å²) in [6, 6.07) is 21.6. The van der Waals surface area contributed by atoms with Gasteiger partial charge in [0, 0.05) is 51.4 Å². The molecular weight excluding hydrogens is 524 g/mol. The molecule has 3 aromatic rings. The zero-order valence-electron chi connectivity index (χ0n) is 22.9. The highest BCUT2D eigenvalue weighted by Gasteiger charge is 2.28. The standard InChI is InChI=1S/C31H36N4O4S/c1-24-12-14-27(15-13-24)40(38,39)35-20-18-33(19-21-35)23-25-8-7-9-26(22-25)30(36)32-29-11-4-3-10-28(29)31(37)34-16-5-2-6-17-34/h3-4,7-15,22H,2,5-6,16-21,23H2,1H3,(H,32,36). The number of aryl methyl sites for hydroxylation is 1. The summed E-state index contributed by atoms with van der Waals surface area (Å²) in [5.41, 5.74) is 3.53. The summed E-state index contributed by atoms with van der Waals surface area (Å²) in [6.07, 6.45) is 3.15. The molecule has 2 saturated heterocycles. The molecule has 2 aliphatic rings. The van der Waals surface area contributed by atoms with Crippen molar-refractivity contribution in [3.8, 4) is 0 Å². The Bertz CT molecular complexity index is 1460. The summed E-state index contributed by atoms with van der Waals surface area (Å²) in [6.45, 7) is 6.08. The first-order valence-electron chi connectivity index (χ1n) is 13.9. The Labute approximate surface area is 236 Å². The van der Waals surface area contributed by atoms with Crippen LogP contribution in [-0.4, -0.2) is 73.6 Å². The first kappa shape index (κ1) is 28.0. The van der Waals surface area contributed by atoms with Gasteiger partial charge in [-0.3, -0.25) is 14.5 Å². The van der Waals surface area contributed by atoms with Gasteiger partial charge < -0.3 is 10.2 Å². The van der Waals surface area contributed by atoms with E-state index in [0.29, 0.717) is 54.4 Å². The molecular formula is C31H36N4O4S. The maximum absolute atomic E-state index is 13.2. The molecule has 0 aliphatic carbocycles. The molecule has 2 aliphatic heterocycles. The summed E-state index contributed by atoms with van der Waals surface area (Å²) in [5, 5.41) is 2.95. The number of para-hydroxylation sites is 1. The lowest BCUT2D eigenvalue weighted by molar-refractivity contribution is 0.0725. The van der Waals surface area contributed by atoms with E-state index in [1.807, 2.05) is 54.3 Å². The number of carbonyl (C=O) groups is 2. The minimum Gasteiger partial charge on any atom is -0.339 e. The van der Waals surface area contributed by atoms with E-state index in [4.69, 9.17) is 0 Å². The second-order valence-corrected chi connectivity index (χ2v) is 12.5. The average molecular weight is 561 g/mol. The van der Waals surface area contributed by atoms with Crippen LogP contribution in [0.4, 0.5) is 5.69 Å². The molecule has 0 bridgehead atoms. The second-order valence-electron chi connectivity index (χ2n) is 10.5. The number of sulfonamides is 1. The molecule has 40 heavy (non-hydrogen) atoms.